The zero-order valence-electron chi connectivity index (χ0n) is 34.7. The molecule has 5 rings (SSSR count). The number of nitrogen functional groups attached to an aromatic ring is 1. The van der Waals surface area contributed by atoms with E-state index in [1.807, 2.05) is 6.92 Å². The summed E-state index contributed by atoms with van der Waals surface area (Å²) in [5.74, 6) is -1.21. The fourth-order valence-electron chi connectivity index (χ4n) is 8.06. The van der Waals surface area contributed by atoms with Crippen molar-refractivity contribution in [2.24, 2.45) is 22.7 Å². The summed E-state index contributed by atoms with van der Waals surface area (Å²) in [6, 6.07) is 0. The van der Waals surface area contributed by atoms with Gasteiger partial charge in [-0.1, -0.05) is 32.5 Å². The van der Waals surface area contributed by atoms with E-state index in [0.717, 1.165) is 29.0 Å². The maximum atomic E-state index is 12.6. The first-order valence-corrected chi connectivity index (χ1v) is 25.3. The number of ketones is 1. The van der Waals surface area contributed by atoms with E-state index in [1.54, 1.807) is 0 Å². The monoisotopic (exact) mass is 985 g/mol. The fourth-order valence-corrected chi connectivity index (χ4v) is 11.5. The van der Waals surface area contributed by atoms with Crippen molar-refractivity contribution in [3.05, 3.63) is 12.7 Å². The molecule has 2 aromatic rings. The number of nitrogens with zero attached hydrogens (tertiary/aromatic N) is 4. The van der Waals surface area contributed by atoms with E-state index in [0.29, 0.717) is 32.1 Å². The van der Waals surface area contributed by atoms with Gasteiger partial charge in [0.25, 0.3) is 15.6 Å². The van der Waals surface area contributed by atoms with Gasteiger partial charge < -0.3 is 74.1 Å². The average molecular weight is 986 g/mol. The minimum absolute atomic E-state index is 0.0283. The first-order chi connectivity index (χ1) is 29.7. The number of imidazole rings is 1. The van der Waals surface area contributed by atoms with Crippen LogP contribution in [0.25, 0.3) is 11.2 Å². The van der Waals surface area contributed by atoms with Gasteiger partial charge in [-0.05, 0) is 37.5 Å². The highest BCUT2D eigenvalue weighted by Gasteiger charge is 2.53. The number of aliphatic hydroxyl groups is 3. The van der Waals surface area contributed by atoms with Crippen molar-refractivity contribution < 1.29 is 90.4 Å². The Morgan fingerprint density at radius 1 is 1.06 bits per heavy atom. The molecule has 3 fully saturated rings. The number of phosphoric ester groups is 3. The Morgan fingerprint density at radius 3 is 2.47 bits per heavy atom. The zero-order chi connectivity index (χ0) is 47.4. The molecule has 1 saturated heterocycles. The Labute approximate surface area is 370 Å². The number of amides is 2. The molecule has 30 heteroatoms. The highest BCUT2D eigenvalue weighted by molar-refractivity contribution is 8.13. The third-order valence-corrected chi connectivity index (χ3v) is 15.5. The van der Waals surface area contributed by atoms with E-state index in [-0.39, 0.29) is 71.4 Å². The number of rotatable bonds is 22. The van der Waals surface area contributed by atoms with Crippen LogP contribution in [0.3, 0.4) is 0 Å². The topological polar surface area (TPSA) is 412 Å². The second kappa shape index (κ2) is 21.0. The Morgan fingerprint density at radius 2 is 1.77 bits per heavy atom. The van der Waals surface area contributed by atoms with E-state index in [4.69, 9.17) is 10.5 Å². The van der Waals surface area contributed by atoms with Gasteiger partial charge in [0.2, 0.25) is 11.8 Å². The molecule has 1 aliphatic heterocycles. The highest BCUT2D eigenvalue weighted by atomic mass is 32.2. The van der Waals surface area contributed by atoms with Gasteiger partial charge in [0.1, 0.15) is 42.0 Å². The van der Waals surface area contributed by atoms with Gasteiger partial charge in [0, 0.05) is 48.9 Å². The number of hydrogen-bond donors (Lipinski definition) is 6. The van der Waals surface area contributed by atoms with Gasteiger partial charge in [0.05, 0.1) is 33.5 Å². The molecule has 64 heavy (non-hydrogen) atoms. The molecule has 360 valence electrons. The van der Waals surface area contributed by atoms with Gasteiger partial charge >= 0.3 is 0 Å². The van der Waals surface area contributed by atoms with Crippen LogP contribution in [0.5, 0.6) is 0 Å². The first kappa shape index (κ1) is 52.2. The standard InChI is InChI=1S/C34H54N7O19P3S/c1-33(2,28(47)31(48)37-11-9-23(44)36-12-13-64-24(45)7-4-18-19-5-6-22(43)34(19,3)10-8-20(18)42)15-57-63(54,55)60-62(52,53)56-14-21-27(59-61(49,50)51)26(46)32(58-21)41-17-40-25-29(35)38-16-39-30(25)41/h16-21,26-28,32,42,46-47H,4-15H2,1-3H3,(H,36,44)(H,37,48)(H,52,53)(H,54,55)(H2,35,38,39)(H2,49,50,51)/p-4/t18-,19-,20+,21+,26+,27+,28-,32+,34-/m0/s1. The molecular weight excluding hydrogens is 935 g/mol. The number of ether oxygens (including phenoxy) is 1. The van der Waals surface area contributed by atoms with Crippen molar-refractivity contribution >= 4 is 74.9 Å². The summed E-state index contributed by atoms with van der Waals surface area (Å²) in [4.78, 5) is 110. The van der Waals surface area contributed by atoms with Crippen LogP contribution in [-0.2, 0) is 55.5 Å². The maximum absolute atomic E-state index is 12.6. The number of carbonyl (C=O) groups excluding carboxylic acids is 4. The van der Waals surface area contributed by atoms with Crippen molar-refractivity contribution in [3.8, 4) is 0 Å². The summed E-state index contributed by atoms with van der Waals surface area (Å²) in [6.07, 6.45) is -5.21. The number of aliphatic hydroxyl groups excluding tert-OH is 3. The molecule has 7 N–H and O–H groups in total. The molecule has 11 atom stereocenters. The number of aromatic nitrogens is 4. The summed E-state index contributed by atoms with van der Waals surface area (Å²) < 4.78 is 60.7. The fraction of sp³-hybridized carbons (Fsp3) is 0.735. The van der Waals surface area contributed by atoms with Crippen LogP contribution < -0.4 is 35.9 Å². The third-order valence-electron chi connectivity index (χ3n) is 11.5. The zero-order valence-corrected chi connectivity index (χ0v) is 38.2. The van der Waals surface area contributed by atoms with Gasteiger partial charge in [-0.2, -0.15) is 0 Å². The molecular formula is C34H50N7O19P3S-4. The van der Waals surface area contributed by atoms with Crippen molar-refractivity contribution in [1.29, 1.82) is 0 Å². The van der Waals surface area contributed by atoms with Crippen molar-refractivity contribution in [1.82, 2.24) is 30.2 Å². The lowest BCUT2D eigenvalue weighted by Crippen LogP contribution is -2.46. The largest absolute Gasteiger partial charge is 0.790 e. The predicted octanol–water partition coefficient (Wildman–Crippen LogP) is -2.33. The molecule has 0 radical (unpaired) electrons. The summed E-state index contributed by atoms with van der Waals surface area (Å²) in [5.41, 5.74) is 3.59. The molecule has 0 spiro atoms. The lowest BCUT2D eigenvalue weighted by molar-refractivity contribution is -0.347. The van der Waals surface area contributed by atoms with Gasteiger partial charge in [-0.15, -0.1) is 0 Å². The summed E-state index contributed by atoms with van der Waals surface area (Å²) >= 11 is 1.02. The number of hydrogen-bond acceptors (Lipinski definition) is 24. The summed E-state index contributed by atoms with van der Waals surface area (Å²) in [7, 11) is -17.7. The minimum Gasteiger partial charge on any atom is -0.790 e. The van der Waals surface area contributed by atoms with Crippen LogP contribution >= 0.6 is 35.2 Å². The number of anilines is 1. The molecule has 2 aromatic heterocycles. The first-order valence-electron chi connectivity index (χ1n) is 19.9. The van der Waals surface area contributed by atoms with E-state index >= 15 is 0 Å². The van der Waals surface area contributed by atoms with Crippen LogP contribution in [0.1, 0.15) is 71.9 Å². The van der Waals surface area contributed by atoms with Gasteiger partial charge in [-0.25, -0.2) is 19.3 Å². The lowest BCUT2D eigenvalue weighted by Gasteiger charge is -2.43. The second-order valence-corrected chi connectivity index (χ2v) is 21.7. The normalized spacial score (nSPS) is 28.6. The van der Waals surface area contributed by atoms with Crippen LogP contribution in [0.2, 0.25) is 0 Å². The Hall–Kier alpha value is -2.81. The van der Waals surface area contributed by atoms with Crippen LogP contribution in [0, 0.1) is 22.7 Å². The predicted molar refractivity (Wildman–Crippen MR) is 212 cm³/mol. The van der Waals surface area contributed by atoms with Crippen molar-refractivity contribution in [2.75, 3.05) is 37.8 Å². The molecule has 0 aromatic carbocycles. The Bertz CT molecular complexity index is 2180. The van der Waals surface area contributed by atoms with Gasteiger partial charge in [-0.3, -0.25) is 32.9 Å². The molecule has 3 aliphatic rings. The SMILES string of the molecule is CC(C)(COP(=O)([O-])OP(=O)([O-])OC[C@H]1O[C@@H](n2cnc3c(N)ncnc32)[C@H](O)[C@@H]1OP(=O)([O-])[O-])[C@@H](O)C(=O)NCCC(=O)NCCSC(=O)CC[C@@H]1[C@H](O)CC[C@]2(C)C(=O)CC[C@@H]12. The van der Waals surface area contributed by atoms with Crippen molar-refractivity contribution in [2.45, 2.75) is 102 Å². The highest BCUT2D eigenvalue weighted by Crippen LogP contribution is 2.57. The summed E-state index contributed by atoms with van der Waals surface area (Å²) in [6.45, 7) is 1.91. The van der Waals surface area contributed by atoms with E-state index < -0.39 is 96.1 Å². The van der Waals surface area contributed by atoms with Gasteiger partial charge in [0.15, 0.2) is 22.8 Å². The Balaban J connectivity index is 1.01. The molecule has 2 saturated carbocycles. The van der Waals surface area contributed by atoms with E-state index in [1.165, 1.54) is 13.8 Å². The molecule has 2 aliphatic carbocycles. The maximum Gasteiger partial charge on any atom is 0.274 e. The summed E-state index contributed by atoms with van der Waals surface area (Å²) in [5, 5.41) is 36.8. The number of nitrogens with one attached hydrogen (secondary N) is 2. The number of thioether (sulfide) groups is 1. The molecule has 2 unspecified atom stereocenters. The number of fused-ring (bicyclic) bond motifs is 2. The number of nitrogens with two attached hydrogens (primary N) is 1. The smallest absolute Gasteiger partial charge is 0.274 e. The van der Waals surface area contributed by atoms with E-state index in [2.05, 4.69) is 43.5 Å². The van der Waals surface area contributed by atoms with Crippen molar-refractivity contribution in [3.63, 3.8) is 0 Å². The Kier molecular flexibility index (Phi) is 17.1. The average Bonchev–Trinajstić information content (AvgIpc) is 3.86. The van der Waals surface area contributed by atoms with Crippen LogP contribution in [-0.4, -0.2) is 120 Å². The number of carbonyl (C=O) groups is 4. The van der Waals surface area contributed by atoms with E-state index in [9.17, 15) is 67.8 Å². The molecule has 26 nitrogen and oxygen atoms in total. The number of phosphoric acid groups is 3. The van der Waals surface area contributed by atoms with Crippen LogP contribution in [0.15, 0.2) is 12.7 Å². The quantitative estimate of drug-likeness (QED) is 0.0532. The minimum atomic E-state index is -5.94. The lowest BCUT2D eigenvalue weighted by atomic mass is 9.62. The molecule has 0 bridgehead atoms. The third kappa shape index (κ3) is 13.2. The number of Topliss-reactive ketones (excluding diaryl/α,β-unsaturated/α-hetero) is 1. The molecule has 3 heterocycles. The van der Waals surface area contributed by atoms with Crippen LogP contribution in [0.4, 0.5) is 5.82 Å². The second-order valence-electron chi connectivity index (χ2n) is 16.5. The molecule has 2 amide bonds.